The van der Waals surface area contributed by atoms with E-state index in [0.717, 1.165) is 11.3 Å². The van der Waals surface area contributed by atoms with Gasteiger partial charge < -0.3 is 9.47 Å². The molecule has 0 saturated carbocycles. The third-order valence-electron chi connectivity index (χ3n) is 3.49. The molecule has 0 saturated heterocycles. The van der Waals surface area contributed by atoms with Crippen LogP contribution in [0.15, 0.2) is 48.5 Å². The van der Waals surface area contributed by atoms with Crippen molar-refractivity contribution in [2.75, 3.05) is 7.11 Å². The molecule has 120 valence electrons. The average molecular weight is 312 g/mol. The Bertz CT molecular complexity index is 677. The summed E-state index contributed by atoms with van der Waals surface area (Å²) in [5, 5.41) is 0. The Morgan fingerprint density at radius 3 is 2.35 bits per heavy atom. The van der Waals surface area contributed by atoms with Crippen molar-refractivity contribution in [2.24, 2.45) is 0 Å². The van der Waals surface area contributed by atoms with Crippen LogP contribution in [0.3, 0.4) is 0 Å². The quantitative estimate of drug-likeness (QED) is 0.564. The number of aryl methyl sites for hydroxylation is 1. The fraction of sp³-hybridized carbons (Fsp3) is 0.263. The van der Waals surface area contributed by atoms with E-state index in [1.165, 1.54) is 7.11 Å². The van der Waals surface area contributed by atoms with Gasteiger partial charge in [-0.15, -0.1) is 0 Å². The topological polar surface area (TPSA) is 52.6 Å². The van der Waals surface area contributed by atoms with E-state index in [2.05, 4.69) is 4.74 Å². The van der Waals surface area contributed by atoms with Gasteiger partial charge in [0.05, 0.1) is 7.11 Å². The van der Waals surface area contributed by atoms with Gasteiger partial charge in [-0.3, -0.25) is 9.59 Å². The molecular weight excluding hydrogens is 292 g/mol. The summed E-state index contributed by atoms with van der Waals surface area (Å²) in [7, 11) is 1.35. The summed E-state index contributed by atoms with van der Waals surface area (Å²) in [6.45, 7) is 1.88. The monoisotopic (exact) mass is 312 g/mol. The number of carbonyl (C=O) groups excluding carboxylic acids is 2. The predicted octanol–water partition coefficient (Wildman–Crippen LogP) is 4.31. The number of Topliss-reactive ketones (excluding diaryl/α,β-unsaturated/α-hetero) is 1. The molecule has 0 spiro atoms. The summed E-state index contributed by atoms with van der Waals surface area (Å²) in [5.41, 5.74) is 1.52. The highest BCUT2D eigenvalue weighted by Crippen LogP contribution is 2.24. The van der Waals surface area contributed by atoms with Gasteiger partial charge in [0.15, 0.2) is 5.78 Å². The zero-order valence-corrected chi connectivity index (χ0v) is 13.4. The minimum atomic E-state index is -0.291. The van der Waals surface area contributed by atoms with Crippen LogP contribution < -0.4 is 4.74 Å². The standard InChI is InChI=1S/C19H20O4/c1-14-13-16(23-15-7-4-3-5-8-15)11-12-17(14)18(20)9-6-10-19(21)22-2/h3-5,7-8,11-13H,6,9-10H2,1-2H3. The van der Waals surface area contributed by atoms with Crippen molar-refractivity contribution in [3.63, 3.8) is 0 Å². The van der Waals surface area contributed by atoms with Crippen molar-refractivity contribution in [1.82, 2.24) is 0 Å². The first-order chi connectivity index (χ1) is 11.1. The normalized spacial score (nSPS) is 10.2. The van der Waals surface area contributed by atoms with Crippen molar-refractivity contribution in [3.05, 3.63) is 59.7 Å². The molecule has 2 aromatic carbocycles. The number of hydrogen-bond acceptors (Lipinski definition) is 4. The molecule has 0 aliphatic heterocycles. The Hall–Kier alpha value is -2.62. The Morgan fingerprint density at radius 2 is 1.70 bits per heavy atom. The fourth-order valence-electron chi connectivity index (χ4n) is 2.27. The summed E-state index contributed by atoms with van der Waals surface area (Å²) < 4.78 is 10.3. The number of ketones is 1. The second-order valence-corrected chi connectivity index (χ2v) is 5.24. The molecule has 0 aliphatic carbocycles. The van der Waals surface area contributed by atoms with Gasteiger partial charge in [0.25, 0.3) is 0 Å². The third-order valence-corrected chi connectivity index (χ3v) is 3.49. The molecule has 4 heteroatoms. The summed E-state index contributed by atoms with van der Waals surface area (Å²) in [6.07, 6.45) is 1.08. The second-order valence-electron chi connectivity index (χ2n) is 5.24. The number of carbonyl (C=O) groups is 2. The summed E-state index contributed by atoms with van der Waals surface area (Å²) >= 11 is 0. The first-order valence-corrected chi connectivity index (χ1v) is 7.53. The molecule has 2 aromatic rings. The number of para-hydroxylation sites is 1. The van der Waals surface area contributed by atoms with Crippen molar-refractivity contribution in [1.29, 1.82) is 0 Å². The van der Waals surface area contributed by atoms with E-state index in [-0.39, 0.29) is 18.2 Å². The van der Waals surface area contributed by atoms with Crippen LogP contribution in [-0.2, 0) is 9.53 Å². The maximum Gasteiger partial charge on any atom is 0.305 e. The van der Waals surface area contributed by atoms with E-state index in [0.29, 0.717) is 24.2 Å². The molecule has 0 bridgehead atoms. The molecule has 4 nitrogen and oxygen atoms in total. The Morgan fingerprint density at radius 1 is 0.957 bits per heavy atom. The Kier molecular flexibility index (Phi) is 5.92. The summed E-state index contributed by atoms with van der Waals surface area (Å²) in [6, 6.07) is 14.9. The molecule has 0 aromatic heterocycles. The van der Waals surface area contributed by atoms with Crippen molar-refractivity contribution in [2.45, 2.75) is 26.2 Å². The van der Waals surface area contributed by atoms with Crippen LogP contribution >= 0.6 is 0 Å². The maximum atomic E-state index is 12.2. The van der Waals surface area contributed by atoms with Crippen LogP contribution in [-0.4, -0.2) is 18.9 Å². The minimum absolute atomic E-state index is 0.0256. The molecular formula is C19H20O4. The molecule has 0 unspecified atom stereocenters. The maximum absolute atomic E-state index is 12.2. The van der Waals surface area contributed by atoms with Gasteiger partial charge in [-0.1, -0.05) is 18.2 Å². The van der Waals surface area contributed by atoms with Gasteiger partial charge in [0.2, 0.25) is 0 Å². The minimum Gasteiger partial charge on any atom is -0.469 e. The van der Waals surface area contributed by atoms with E-state index in [9.17, 15) is 9.59 Å². The lowest BCUT2D eigenvalue weighted by Crippen LogP contribution is -2.05. The number of rotatable bonds is 7. The highest BCUT2D eigenvalue weighted by Gasteiger charge is 2.11. The van der Waals surface area contributed by atoms with Crippen LogP contribution in [0.2, 0.25) is 0 Å². The van der Waals surface area contributed by atoms with Gasteiger partial charge in [0, 0.05) is 18.4 Å². The lowest BCUT2D eigenvalue weighted by Gasteiger charge is -2.09. The fourth-order valence-corrected chi connectivity index (χ4v) is 2.27. The molecule has 0 N–H and O–H groups in total. The van der Waals surface area contributed by atoms with Crippen molar-refractivity contribution >= 4 is 11.8 Å². The van der Waals surface area contributed by atoms with Gasteiger partial charge in [-0.25, -0.2) is 0 Å². The molecule has 0 amide bonds. The molecule has 0 aliphatic rings. The Labute approximate surface area is 136 Å². The van der Waals surface area contributed by atoms with Crippen LogP contribution in [0, 0.1) is 6.92 Å². The summed E-state index contributed by atoms with van der Waals surface area (Å²) in [5.74, 6) is 1.18. The lowest BCUT2D eigenvalue weighted by atomic mass is 10.0. The molecule has 0 radical (unpaired) electrons. The molecule has 0 heterocycles. The number of hydrogen-bond donors (Lipinski definition) is 0. The smallest absolute Gasteiger partial charge is 0.305 e. The van der Waals surface area contributed by atoms with Crippen LogP contribution in [0.25, 0.3) is 0 Å². The van der Waals surface area contributed by atoms with Gasteiger partial charge >= 0.3 is 5.97 Å². The number of methoxy groups -OCH3 is 1. The van der Waals surface area contributed by atoms with E-state index in [4.69, 9.17) is 4.74 Å². The Balaban J connectivity index is 1.98. The van der Waals surface area contributed by atoms with Gasteiger partial charge in [-0.05, 0) is 49.2 Å². The van der Waals surface area contributed by atoms with Crippen molar-refractivity contribution in [3.8, 4) is 11.5 Å². The van der Waals surface area contributed by atoms with Crippen LogP contribution in [0.5, 0.6) is 11.5 Å². The molecule has 2 rings (SSSR count). The number of benzene rings is 2. The van der Waals surface area contributed by atoms with E-state index >= 15 is 0 Å². The average Bonchev–Trinajstić information content (AvgIpc) is 2.55. The molecule has 0 fully saturated rings. The van der Waals surface area contributed by atoms with E-state index < -0.39 is 0 Å². The second kappa shape index (κ2) is 8.13. The largest absolute Gasteiger partial charge is 0.469 e. The summed E-state index contributed by atoms with van der Waals surface area (Å²) in [4.78, 5) is 23.3. The third kappa shape index (κ3) is 4.95. The van der Waals surface area contributed by atoms with E-state index in [1.54, 1.807) is 12.1 Å². The lowest BCUT2D eigenvalue weighted by molar-refractivity contribution is -0.140. The molecule has 23 heavy (non-hydrogen) atoms. The number of esters is 1. The van der Waals surface area contributed by atoms with E-state index in [1.807, 2.05) is 43.3 Å². The zero-order valence-electron chi connectivity index (χ0n) is 13.4. The zero-order chi connectivity index (χ0) is 16.7. The highest BCUT2D eigenvalue weighted by molar-refractivity contribution is 5.97. The van der Waals surface area contributed by atoms with Crippen LogP contribution in [0.1, 0.15) is 35.2 Å². The molecule has 0 atom stereocenters. The number of ether oxygens (including phenoxy) is 2. The SMILES string of the molecule is COC(=O)CCCC(=O)c1ccc(Oc2ccccc2)cc1C. The van der Waals surface area contributed by atoms with Gasteiger partial charge in [0.1, 0.15) is 11.5 Å². The van der Waals surface area contributed by atoms with Gasteiger partial charge in [-0.2, -0.15) is 0 Å². The highest BCUT2D eigenvalue weighted by atomic mass is 16.5. The predicted molar refractivity (Wildman–Crippen MR) is 87.9 cm³/mol. The first-order valence-electron chi connectivity index (χ1n) is 7.53. The van der Waals surface area contributed by atoms with Crippen LogP contribution in [0.4, 0.5) is 0 Å². The van der Waals surface area contributed by atoms with Crippen molar-refractivity contribution < 1.29 is 19.1 Å². The first kappa shape index (κ1) is 16.7.